The Kier molecular flexibility index (Phi) is 6.13. The van der Waals surface area contributed by atoms with Crippen molar-refractivity contribution in [2.24, 2.45) is 5.92 Å². The minimum absolute atomic E-state index is 0.106. The van der Waals surface area contributed by atoms with Crippen LogP contribution in [0.3, 0.4) is 0 Å². The molecule has 2 amide bonds. The molecule has 0 bridgehead atoms. The summed E-state index contributed by atoms with van der Waals surface area (Å²) in [4.78, 5) is 28.6. The van der Waals surface area contributed by atoms with E-state index in [1.807, 2.05) is 51.1 Å². The zero-order valence-corrected chi connectivity index (χ0v) is 16.8. The van der Waals surface area contributed by atoms with Crippen LogP contribution in [-0.4, -0.2) is 64.5 Å². The first-order valence-corrected chi connectivity index (χ1v) is 9.86. The van der Waals surface area contributed by atoms with E-state index in [0.29, 0.717) is 13.1 Å². The lowest BCUT2D eigenvalue weighted by molar-refractivity contribution is -0.00136. The van der Waals surface area contributed by atoms with Gasteiger partial charge in [-0.2, -0.15) is 0 Å². The van der Waals surface area contributed by atoms with E-state index >= 15 is 0 Å². The number of rotatable bonds is 3. The third-order valence-corrected chi connectivity index (χ3v) is 5.33. The lowest BCUT2D eigenvalue weighted by atomic mass is 9.91. The van der Waals surface area contributed by atoms with Gasteiger partial charge in [-0.15, -0.1) is 0 Å². The predicted molar refractivity (Wildman–Crippen MR) is 104 cm³/mol. The summed E-state index contributed by atoms with van der Waals surface area (Å²) in [6.45, 7) is 6.56. The van der Waals surface area contributed by atoms with Crippen molar-refractivity contribution in [2.75, 3.05) is 19.7 Å². The van der Waals surface area contributed by atoms with E-state index in [0.717, 1.165) is 18.4 Å². The van der Waals surface area contributed by atoms with Crippen molar-refractivity contribution in [1.29, 1.82) is 0 Å². The average molecular weight is 390 g/mol. The summed E-state index contributed by atoms with van der Waals surface area (Å²) in [5.74, 6) is 0.253. The monoisotopic (exact) mass is 390 g/mol. The smallest absolute Gasteiger partial charge is 0.410 e. The van der Waals surface area contributed by atoms with Gasteiger partial charge in [0.15, 0.2) is 0 Å². The van der Waals surface area contributed by atoms with Crippen molar-refractivity contribution in [1.82, 2.24) is 9.80 Å². The van der Waals surface area contributed by atoms with Crippen LogP contribution in [0.1, 0.15) is 39.2 Å². The van der Waals surface area contributed by atoms with E-state index in [-0.39, 0.29) is 37.3 Å². The quantitative estimate of drug-likeness (QED) is 0.858. The largest absolute Gasteiger partial charge is 0.445 e. The number of likely N-dealkylation sites (tertiary alicyclic amines) is 2. The van der Waals surface area contributed by atoms with Crippen LogP contribution in [0.4, 0.5) is 9.59 Å². The number of ether oxygens (including phenoxy) is 2. The van der Waals surface area contributed by atoms with Gasteiger partial charge in [0.1, 0.15) is 12.2 Å². The third kappa shape index (κ3) is 4.76. The molecule has 0 radical (unpaired) electrons. The summed E-state index contributed by atoms with van der Waals surface area (Å²) >= 11 is 0. The fourth-order valence-corrected chi connectivity index (χ4v) is 4.04. The third-order valence-electron chi connectivity index (χ3n) is 5.33. The normalized spacial score (nSPS) is 24.6. The molecule has 1 N–H and O–H groups in total. The Morgan fingerprint density at radius 1 is 1.18 bits per heavy atom. The second-order valence-electron chi connectivity index (χ2n) is 8.56. The highest BCUT2D eigenvalue weighted by molar-refractivity contribution is 5.71. The molecule has 3 rings (SSSR count). The standard InChI is InChI=1S/C21H30N2O5/c1-21(2,3)28-20(26)23-17(13-24)11-16-9-10-22(12-18(16)23)19(25)27-14-15-7-5-4-6-8-15/h4-8,16-18,24H,9-14H2,1-3H3. The van der Waals surface area contributed by atoms with Gasteiger partial charge in [-0.1, -0.05) is 30.3 Å². The topological polar surface area (TPSA) is 79.3 Å². The van der Waals surface area contributed by atoms with Crippen molar-refractivity contribution in [2.45, 2.75) is 57.9 Å². The van der Waals surface area contributed by atoms with Crippen molar-refractivity contribution >= 4 is 12.2 Å². The van der Waals surface area contributed by atoms with Gasteiger partial charge in [0, 0.05) is 13.1 Å². The average Bonchev–Trinajstić information content (AvgIpc) is 3.03. The zero-order valence-electron chi connectivity index (χ0n) is 16.8. The molecule has 2 saturated heterocycles. The van der Waals surface area contributed by atoms with Crippen LogP contribution in [-0.2, 0) is 16.1 Å². The van der Waals surface area contributed by atoms with E-state index in [2.05, 4.69) is 0 Å². The predicted octanol–water partition coefficient (Wildman–Crippen LogP) is 3.02. The number of piperidine rings is 1. The first-order valence-electron chi connectivity index (χ1n) is 9.86. The lowest BCUT2D eigenvalue weighted by Gasteiger charge is -2.39. The van der Waals surface area contributed by atoms with Crippen LogP contribution in [0.15, 0.2) is 30.3 Å². The molecule has 2 aliphatic heterocycles. The van der Waals surface area contributed by atoms with Crippen molar-refractivity contribution in [3.05, 3.63) is 35.9 Å². The number of amides is 2. The van der Waals surface area contributed by atoms with Crippen molar-refractivity contribution in [3.8, 4) is 0 Å². The molecule has 2 aliphatic rings. The van der Waals surface area contributed by atoms with Crippen LogP contribution in [0.25, 0.3) is 0 Å². The van der Waals surface area contributed by atoms with E-state index < -0.39 is 11.7 Å². The maximum Gasteiger partial charge on any atom is 0.410 e. The SMILES string of the molecule is CC(C)(C)OC(=O)N1C(CO)CC2CCN(C(=O)OCc3ccccc3)CC21. The summed E-state index contributed by atoms with van der Waals surface area (Å²) in [6.07, 6.45) is 0.700. The summed E-state index contributed by atoms with van der Waals surface area (Å²) in [5, 5.41) is 9.76. The first kappa shape index (κ1) is 20.5. The number of hydrogen-bond donors (Lipinski definition) is 1. The van der Waals surface area contributed by atoms with Crippen molar-refractivity contribution in [3.63, 3.8) is 0 Å². The summed E-state index contributed by atoms with van der Waals surface area (Å²) < 4.78 is 11.0. The molecule has 1 aromatic rings. The molecule has 154 valence electrons. The molecule has 1 aromatic carbocycles. The number of fused-ring (bicyclic) bond motifs is 1. The Balaban J connectivity index is 1.64. The Morgan fingerprint density at radius 2 is 1.89 bits per heavy atom. The first-order chi connectivity index (χ1) is 13.3. The molecule has 2 heterocycles. The molecular weight excluding hydrogens is 360 g/mol. The number of aliphatic hydroxyl groups is 1. The molecular formula is C21H30N2O5. The Morgan fingerprint density at radius 3 is 2.54 bits per heavy atom. The highest BCUT2D eigenvalue weighted by Crippen LogP contribution is 2.37. The van der Waals surface area contributed by atoms with Crippen LogP contribution >= 0.6 is 0 Å². The summed E-state index contributed by atoms with van der Waals surface area (Å²) in [7, 11) is 0. The van der Waals surface area contributed by atoms with E-state index in [1.165, 1.54) is 0 Å². The molecule has 0 saturated carbocycles. The van der Waals surface area contributed by atoms with Gasteiger partial charge < -0.3 is 19.5 Å². The fraction of sp³-hybridized carbons (Fsp3) is 0.619. The molecule has 0 aliphatic carbocycles. The molecule has 7 nitrogen and oxygen atoms in total. The number of hydrogen-bond acceptors (Lipinski definition) is 5. The van der Waals surface area contributed by atoms with Crippen LogP contribution < -0.4 is 0 Å². The van der Waals surface area contributed by atoms with Gasteiger partial charge in [-0.3, -0.25) is 4.90 Å². The number of benzene rings is 1. The van der Waals surface area contributed by atoms with E-state index in [4.69, 9.17) is 9.47 Å². The maximum atomic E-state index is 12.7. The zero-order chi connectivity index (χ0) is 20.3. The maximum absolute atomic E-state index is 12.7. The number of aliphatic hydroxyl groups excluding tert-OH is 1. The highest BCUT2D eigenvalue weighted by atomic mass is 16.6. The van der Waals surface area contributed by atoms with Crippen LogP contribution in [0.2, 0.25) is 0 Å². The minimum Gasteiger partial charge on any atom is -0.445 e. The lowest BCUT2D eigenvalue weighted by Crippen LogP contribution is -2.54. The van der Waals surface area contributed by atoms with Gasteiger partial charge in [0.2, 0.25) is 0 Å². The van der Waals surface area contributed by atoms with E-state index in [1.54, 1.807) is 9.80 Å². The van der Waals surface area contributed by atoms with Gasteiger partial charge in [0.25, 0.3) is 0 Å². The van der Waals surface area contributed by atoms with E-state index in [9.17, 15) is 14.7 Å². The molecule has 0 aromatic heterocycles. The molecule has 0 spiro atoms. The highest BCUT2D eigenvalue weighted by Gasteiger charge is 2.48. The molecule has 28 heavy (non-hydrogen) atoms. The minimum atomic E-state index is -0.613. The number of carbonyl (C=O) groups excluding carboxylic acids is 2. The van der Waals surface area contributed by atoms with Gasteiger partial charge in [0.05, 0.1) is 18.7 Å². The van der Waals surface area contributed by atoms with Crippen LogP contribution in [0.5, 0.6) is 0 Å². The van der Waals surface area contributed by atoms with Crippen LogP contribution in [0, 0.1) is 5.92 Å². The summed E-state index contributed by atoms with van der Waals surface area (Å²) in [6, 6.07) is 9.11. The Hall–Kier alpha value is -2.28. The Bertz CT molecular complexity index is 688. The summed E-state index contributed by atoms with van der Waals surface area (Å²) in [5.41, 5.74) is 0.320. The second kappa shape index (κ2) is 8.39. The van der Waals surface area contributed by atoms with Crippen molar-refractivity contribution < 1.29 is 24.2 Å². The van der Waals surface area contributed by atoms with Gasteiger partial charge >= 0.3 is 12.2 Å². The second-order valence-corrected chi connectivity index (χ2v) is 8.56. The molecule has 3 unspecified atom stereocenters. The Labute approximate surface area is 166 Å². The fourth-order valence-electron chi connectivity index (χ4n) is 4.04. The molecule has 7 heteroatoms. The number of carbonyl (C=O) groups is 2. The number of nitrogens with zero attached hydrogens (tertiary/aromatic N) is 2. The van der Waals surface area contributed by atoms with Gasteiger partial charge in [-0.25, -0.2) is 9.59 Å². The molecule has 2 fully saturated rings. The van der Waals surface area contributed by atoms with Gasteiger partial charge in [-0.05, 0) is 45.1 Å². The molecule has 3 atom stereocenters.